The van der Waals surface area contributed by atoms with Crippen LogP contribution in [-0.2, 0) is 0 Å². The second-order valence-electron chi connectivity index (χ2n) is 3.73. The Bertz CT molecular complexity index is 505. The van der Waals surface area contributed by atoms with E-state index in [2.05, 4.69) is 10.3 Å². The summed E-state index contributed by atoms with van der Waals surface area (Å²) in [5.41, 5.74) is 1.97. The van der Waals surface area contributed by atoms with Crippen molar-refractivity contribution >= 4 is 5.95 Å². The summed E-state index contributed by atoms with van der Waals surface area (Å²) >= 11 is 0. The number of aromatic nitrogens is 2. The summed E-state index contributed by atoms with van der Waals surface area (Å²) in [5.74, 6) is 1.68. The first kappa shape index (κ1) is 11.5. The van der Waals surface area contributed by atoms with Crippen LogP contribution in [0, 0.1) is 6.92 Å². The summed E-state index contributed by atoms with van der Waals surface area (Å²) in [6.45, 7) is 4.61. The molecule has 0 unspecified atom stereocenters. The standard InChI is InChI=1S/C13H17N3O/c1-4-17-12-8-6-5-7-11(12)16-9-10(2)15-13(16)14-3/h5-9H,4H2,1-3H3,(H,14,15). The second kappa shape index (κ2) is 4.91. The van der Waals surface area contributed by atoms with E-state index in [1.807, 2.05) is 55.9 Å². The highest BCUT2D eigenvalue weighted by molar-refractivity contribution is 5.51. The van der Waals surface area contributed by atoms with Crippen LogP contribution in [-0.4, -0.2) is 23.2 Å². The minimum atomic E-state index is 0.652. The summed E-state index contributed by atoms with van der Waals surface area (Å²) in [7, 11) is 1.86. The van der Waals surface area contributed by atoms with Crippen molar-refractivity contribution in [1.29, 1.82) is 0 Å². The van der Waals surface area contributed by atoms with Gasteiger partial charge in [0.05, 0.1) is 18.0 Å². The molecular weight excluding hydrogens is 214 g/mol. The Labute approximate surface area is 101 Å². The predicted octanol–water partition coefficient (Wildman–Crippen LogP) is 2.62. The number of imidazole rings is 1. The van der Waals surface area contributed by atoms with Crippen molar-refractivity contribution in [1.82, 2.24) is 9.55 Å². The van der Waals surface area contributed by atoms with Gasteiger partial charge in [0.2, 0.25) is 5.95 Å². The average Bonchev–Trinajstić information content (AvgIpc) is 2.71. The highest BCUT2D eigenvalue weighted by Crippen LogP contribution is 2.25. The van der Waals surface area contributed by atoms with Gasteiger partial charge in [0.1, 0.15) is 5.75 Å². The lowest BCUT2D eigenvalue weighted by Crippen LogP contribution is -2.03. The molecule has 0 spiro atoms. The highest BCUT2D eigenvalue weighted by Gasteiger charge is 2.10. The summed E-state index contributed by atoms with van der Waals surface area (Å²) in [5, 5.41) is 3.08. The number of rotatable bonds is 4. The van der Waals surface area contributed by atoms with E-state index in [0.717, 1.165) is 23.1 Å². The number of hydrogen-bond acceptors (Lipinski definition) is 3. The van der Waals surface area contributed by atoms with Crippen molar-refractivity contribution in [2.24, 2.45) is 0 Å². The lowest BCUT2D eigenvalue weighted by Gasteiger charge is -2.12. The van der Waals surface area contributed by atoms with Gasteiger partial charge in [0.15, 0.2) is 0 Å². The maximum Gasteiger partial charge on any atom is 0.207 e. The first-order valence-corrected chi connectivity index (χ1v) is 5.72. The van der Waals surface area contributed by atoms with E-state index in [9.17, 15) is 0 Å². The molecule has 1 heterocycles. The number of ether oxygens (including phenoxy) is 1. The molecule has 0 saturated heterocycles. The van der Waals surface area contributed by atoms with Gasteiger partial charge >= 0.3 is 0 Å². The SMILES string of the molecule is CCOc1ccccc1-n1cc(C)nc1NC. The number of benzene rings is 1. The first-order valence-electron chi connectivity index (χ1n) is 5.72. The maximum absolute atomic E-state index is 5.62. The monoisotopic (exact) mass is 231 g/mol. The lowest BCUT2D eigenvalue weighted by atomic mass is 10.3. The minimum Gasteiger partial charge on any atom is -0.492 e. The van der Waals surface area contributed by atoms with Crippen LogP contribution < -0.4 is 10.1 Å². The summed E-state index contributed by atoms with van der Waals surface area (Å²) in [4.78, 5) is 4.40. The zero-order valence-corrected chi connectivity index (χ0v) is 10.4. The quantitative estimate of drug-likeness (QED) is 0.879. The fourth-order valence-electron chi connectivity index (χ4n) is 1.79. The molecule has 1 N–H and O–H groups in total. The van der Waals surface area contributed by atoms with Crippen molar-refractivity contribution in [3.05, 3.63) is 36.2 Å². The number of nitrogens with zero attached hydrogens (tertiary/aromatic N) is 2. The van der Waals surface area contributed by atoms with Crippen LogP contribution >= 0.6 is 0 Å². The van der Waals surface area contributed by atoms with E-state index in [0.29, 0.717) is 6.61 Å². The van der Waals surface area contributed by atoms with Crippen LogP contribution in [0.2, 0.25) is 0 Å². The number of anilines is 1. The number of nitrogens with one attached hydrogen (secondary N) is 1. The fourth-order valence-corrected chi connectivity index (χ4v) is 1.79. The van der Waals surface area contributed by atoms with Gasteiger partial charge in [-0.2, -0.15) is 0 Å². The molecule has 0 aliphatic carbocycles. The first-order chi connectivity index (χ1) is 8.26. The zero-order valence-electron chi connectivity index (χ0n) is 10.4. The van der Waals surface area contributed by atoms with Crippen LogP contribution in [0.15, 0.2) is 30.5 Å². The zero-order chi connectivity index (χ0) is 12.3. The van der Waals surface area contributed by atoms with Crippen molar-refractivity contribution in [3.8, 4) is 11.4 Å². The molecule has 1 aromatic heterocycles. The molecule has 90 valence electrons. The summed E-state index contributed by atoms with van der Waals surface area (Å²) in [6.07, 6.45) is 1.99. The van der Waals surface area contributed by atoms with E-state index in [4.69, 9.17) is 4.74 Å². The van der Waals surface area contributed by atoms with E-state index in [1.54, 1.807) is 0 Å². The second-order valence-corrected chi connectivity index (χ2v) is 3.73. The van der Waals surface area contributed by atoms with Gasteiger partial charge in [-0.15, -0.1) is 0 Å². The Balaban J connectivity index is 2.51. The Morgan fingerprint density at radius 1 is 1.35 bits per heavy atom. The average molecular weight is 231 g/mol. The molecule has 4 heteroatoms. The van der Waals surface area contributed by atoms with E-state index in [1.165, 1.54) is 0 Å². The van der Waals surface area contributed by atoms with Gasteiger partial charge in [-0.25, -0.2) is 4.98 Å². The van der Waals surface area contributed by atoms with Gasteiger partial charge < -0.3 is 10.1 Å². The smallest absolute Gasteiger partial charge is 0.207 e. The fraction of sp³-hybridized carbons (Fsp3) is 0.308. The van der Waals surface area contributed by atoms with Crippen molar-refractivity contribution < 1.29 is 4.74 Å². The highest BCUT2D eigenvalue weighted by atomic mass is 16.5. The molecule has 0 saturated carbocycles. The number of aryl methyl sites for hydroxylation is 1. The lowest BCUT2D eigenvalue weighted by molar-refractivity contribution is 0.339. The third-order valence-electron chi connectivity index (χ3n) is 2.47. The normalized spacial score (nSPS) is 10.3. The van der Waals surface area contributed by atoms with Crippen molar-refractivity contribution in [2.45, 2.75) is 13.8 Å². The van der Waals surface area contributed by atoms with Gasteiger partial charge in [0, 0.05) is 13.2 Å². The largest absolute Gasteiger partial charge is 0.492 e. The third-order valence-corrected chi connectivity index (χ3v) is 2.47. The van der Waals surface area contributed by atoms with Gasteiger partial charge in [-0.3, -0.25) is 4.57 Å². The molecule has 0 atom stereocenters. The van der Waals surface area contributed by atoms with Crippen LogP contribution in [0.5, 0.6) is 5.75 Å². The molecule has 0 aliphatic heterocycles. The Morgan fingerprint density at radius 2 is 2.12 bits per heavy atom. The predicted molar refractivity (Wildman–Crippen MR) is 69.0 cm³/mol. The van der Waals surface area contributed by atoms with Crippen LogP contribution in [0.4, 0.5) is 5.95 Å². The molecule has 0 fully saturated rings. The van der Waals surface area contributed by atoms with Crippen LogP contribution in [0.25, 0.3) is 5.69 Å². The Hall–Kier alpha value is -1.97. The van der Waals surface area contributed by atoms with Gasteiger partial charge in [0.25, 0.3) is 0 Å². The Kier molecular flexibility index (Phi) is 3.32. The van der Waals surface area contributed by atoms with Crippen molar-refractivity contribution in [3.63, 3.8) is 0 Å². The molecule has 4 nitrogen and oxygen atoms in total. The topological polar surface area (TPSA) is 39.1 Å². The Morgan fingerprint density at radius 3 is 2.82 bits per heavy atom. The molecule has 0 radical (unpaired) electrons. The van der Waals surface area contributed by atoms with E-state index >= 15 is 0 Å². The molecule has 2 rings (SSSR count). The molecule has 0 aliphatic rings. The van der Waals surface area contributed by atoms with Gasteiger partial charge in [-0.05, 0) is 26.0 Å². The molecule has 2 aromatic rings. The molecule has 0 bridgehead atoms. The van der Waals surface area contributed by atoms with Crippen LogP contribution in [0.1, 0.15) is 12.6 Å². The number of hydrogen-bond donors (Lipinski definition) is 1. The molecular formula is C13H17N3O. The van der Waals surface area contributed by atoms with Crippen molar-refractivity contribution in [2.75, 3.05) is 19.0 Å². The third kappa shape index (κ3) is 2.25. The summed E-state index contributed by atoms with van der Waals surface area (Å²) < 4.78 is 7.62. The molecule has 17 heavy (non-hydrogen) atoms. The van der Waals surface area contributed by atoms with Gasteiger partial charge in [-0.1, -0.05) is 12.1 Å². The van der Waals surface area contributed by atoms with E-state index < -0.39 is 0 Å². The molecule has 1 aromatic carbocycles. The maximum atomic E-state index is 5.62. The minimum absolute atomic E-state index is 0.652. The van der Waals surface area contributed by atoms with Crippen LogP contribution in [0.3, 0.4) is 0 Å². The van der Waals surface area contributed by atoms with E-state index in [-0.39, 0.29) is 0 Å². The molecule has 0 amide bonds. The summed E-state index contributed by atoms with van der Waals surface area (Å²) in [6, 6.07) is 7.95. The number of para-hydroxylation sites is 2.